The van der Waals surface area contributed by atoms with Crippen LogP contribution < -0.4 is 10.1 Å². The van der Waals surface area contributed by atoms with Gasteiger partial charge in [0.1, 0.15) is 17.4 Å². The lowest BCUT2D eigenvalue weighted by Crippen LogP contribution is -2.20. The number of rotatable bonds is 4. The van der Waals surface area contributed by atoms with Crippen molar-refractivity contribution in [3.63, 3.8) is 0 Å². The van der Waals surface area contributed by atoms with Crippen LogP contribution in [0.15, 0.2) is 36.4 Å². The fourth-order valence-electron chi connectivity index (χ4n) is 1.67. The smallest absolute Gasteiger partial charge is 0.262 e. The summed E-state index contributed by atoms with van der Waals surface area (Å²) in [4.78, 5) is 11.7. The number of halogens is 3. The van der Waals surface area contributed by atoms with E-state index in [0.29, 0.717) is 11.3 Å². The van der Waals surface area contributed by atoms with E-state index in [1.165, 1.54) is 30.3 Å². The number of aryl methyl sites for hydroxylation is 1. The van der Waals surface area contributed by atoms with Gasteiger partial charge < -0.3 is 10.1 Å². The number of carbonyl (C=O) groups excluding carboxylic acids is 1. The first-order valence-corrected chi connectivity index (χ1v) is 6.47. The topological polar surface area (TPSA) is 38.3 Å². The van der Waals surface area contributed by atoms with Crippen LogP contribution in [0.3, 0.4) is 0 Å². The molecular weight excluding hydrogens is 300 g/mol. The van der Waals surface area contributed by atoms with Crippen LogP contribution >= 0.6 is 11.6 Å². The molecule has 1 N–H and O–H groups in total. The lowest BCUT2D eigenvalue weighted by Gasteiger charge is -2.10. The van der Waals surface area contributed by atoms with Gasteiger partial charge in [-0.2, -0.15) is 0 Å². The zero-order chi connectivity index (χ0) is 15.4. The van der Waals surface area contributed by atoms with Crippen LogP contribution in [-0.4, -0.2) is 12.5 Å². The van der Waals surface area contributed by atoms with Gasteiger partial charge in [0.05, 0.1) is 5.02 Å². The molecule has 0 spiro atoms. The largest absolute Gasteiger partial charge is 0.484 e. The van der Waals surface area contributed by atoms with Gasteiger partial charge in [0.15, 0.2) is 6.61 Å². The summed E-state index contributed by atoms with van der Waals surface area (Å²) in [6, 6.07) is 7.85. The molecule has 21 heavy (non-hydrogen) atoms. The van der Waals surface area contributed by atoms with Gasteiger partial charge in [-0.15, -0.1) is 0 Å². The maximum atomic E-state index is 13.0. The molecule has 0 aliphatic rings. The SMILES string of the molecule is Cc1cc(F)ccc1NC(=O)COc1ccc(F)c(Cl)c1. The van der Waals surface area contributed by atoms with E-state index in [4.69, 9.17) is 16.3 Å². The lowest BCUT2D eigenvalue weighted by molar-refractivity contribution is -0.118. The van der Waals surface area contributed by atoms with Crippen LogP contribution in [0.4, 0.5) is 14.5 Å². The number of ether oxygens (including phenoxy) is 1. The van der Waals surface area contributed by atoms with Gasteiger partial charge in [0.25, 0.3) is 5.91 Å². The average molecular weight is 312 g/mol. The van der Waals surface area contributed by atoms with Crippen LogP contribution in [0.5, 0.6) is 5.75 Å². The highest BCUT2D eigenvalue weighted by Gasteiger charge is 2.08. The molecule has 2 rings (SSSR count). The Balaban J connectivity index is 1.94. The van der Waals surface area contributed by atoms with Crippen LogP contribution in [0, 0.1) is 18.6 Å². The molecule has 0 heterocycles. The van der Waals surface area contributed by atoms with Gasteiger partial charge >= 0.3 is 0 Å². The van der Waals surface area contributed by atoms with Crippen LogP contribution in [0.2, 0.25) is 5.02 Å². The van der Waals surface area contributed by atoms with Crippen LogP contribution in [0.25, 0.3) is 0 Å². The summed E-state index contributed by atoms with van der Waals surface area (Å²) >= 11 is 5.60. The van der Waals surface area contributed by atoms with E-state index in [9.17, 15) is 13.6 Å². The van der Waals surface area contributed by atoms with E-state index >= 15 is 0 Å². The van der Waals surface area contributed by atoms with Gasteiger partial charge in [-0.25, -0.2) is 8.78 Å². The first-order chi connectivity index (χ1) is 9.95. The van der Waals surface area contributed by atoms with Gasteiger partial charge in [-0.3, -0.25) is 4.79 Å². The quantitative estimate of drug-likeness (QED) is 0.928. The summed E-state index contributed by atoms with van der Waals surface area (Å²) in [6.45, 7) is 1.41. The monoisotopic (exact) mass is 311 g/mol. The highest BCUT2D eigenvalue weighted by Crippen LogP contribution is 2.21. The van der Waals surface area contributed by atoms with Crippen LogP contribution in [-0.2, 0) is 4.79 Å². The highest BCUT2D eigenvalue weighted by molar-refractivity contribution is 6.30. The van der Waals surface area contributed by atoms with E-state index in [1.807, 2.05) is 0 Å². The second-order valence-electron chi connectivity index (χ2n) is 4.37. The minimum absolute atomic E-state index is 0.0812. The maximum absolute atomic E-state index is 13.0. The first kappa shape index (κ1) is 15.3. The van der Waals surface area contributed by atoms with Crippen molar-refractivity contribution in [1.82, 2.24) is 0 Å². The molecular formula is C15H12ClF2NO2. The zero-order valence-corrected chi connectivity index (χ0v) is 11.9. The minimum Gasteiger partial charge on any atom is -0.484 e. The molecule has 0 aromatic heterocycles. The Hall–Kier alpha value is -2.14. The standard InChI is InChI=1S/C15H12ClF2NO2/c1-9-6-10(17)2-5-14(9)19-15(20)8-21-11-3-4-13(18)12(16)7-11/h2-7H,8H2,1H3,(H,19,20). The molecule has 0 saturated heterocycles. The molecule has 1 amide bonds. The number of anilines is 1. The molecule has 0 aliphatic heterocycles. The molecule has 0 fully saturated rings. The Morgan fingerprint density at radius 1 is 1.24 bits per heavy atom. The Morgan fingerprint density at radius 3 is 2.67 bits per heavy atom. The van der Waals surface area contributed by atoms with Crippen molar-refractivity contribution >= 4 is 23.2 Å². The van der Waals surface area contributed by atoms with Crippen molar-refractivity contribution in [3.8, 4) is 5.75 Å². The predicted octanol–water partition coefficient (Wildman–Crippen LogP) is 3.94. The van der Waals surface area contributed by atoms with Gasteiger partial charge in [0.2, 0.25) is 0 Å². The normalized spacial score (nSPS) is 10.3. The molecule has 0 unspecified atom stereocenters. The third-order valence-electron chi connectivity index (χ3n) is 2.72. The van der Waals surface area contributed by atoms with Crippen molar-refractivity contribution in [2.45, 2.75) is 6.92 Å². The number of hydrogen-bond donors (Lipinski definition) is 1. The van der Waals surface area contributed by atoms with Gasteiger partial charge in [0, 0.05) is 11.8 Å². The third kappa shape index (κ3) is 4.16. The third-order valence-corrected chi connectivity index (χ3v) is 3.01. The minimum atomic E-state index is -0.560. The van der Waals surface area contributed by atoms with Crippen molar-refractivity contribution < 1.29 is 18.3 Å². The van der Waals surface area contributed by atoms with Crippen molar-refractivity contribution in [1.29, 1.82) is 0 Å². The molecule has 2 aromatic rings. The van der Waals surface area contributed by atoms with Crippen molar-refractivity contribution in [2.75, 3.05) is 11.9 Å². The fraction of sp³-hybridized carbons (Fsp3) is 0.133. The summed E-state index contributed by atoms with van der Waals surface area (Å²) in [5, 5.41) is 2.51. The van der Waals surface area contributed by atoms with E-state index in [1.54, 1.807) is 6.92 Å². The highest BCUT2D eigenvalue weighted by atomic mass is 35.5. The van der Waals surface area contributed by atoms with E-state index in [-0.39, 0.29) is 23.2 Å². The molecule has 110 valence electrons. The number of amides is 1. The van der Waals surface area contributed by atoms with Gasteiger partial charge in [-0.1, -0.05) is 11.6 Å². The zero-order valence-electron chi connectivity index (χ0n) is 11.1. The van der Waals surface area contributed by atoms with Crippen molar-refractivity contribution in [3.05, 3.63) is 58.6 Å². The lowest BCUT2D eigenvalue weighted by atomic mass is 10.2. The molecule has 2 aromatic carbocycles. The summed E-state index contributed by atoms with van der Waals surface area (Å²) in [7, 11) is 0. The summed E-state index contributed by atoms with van der Waals surface area (Å²) in [5.74, 6) is -1.06. The summed E-state index contributed by atoms with van der Waals surface area (Å²) < 4.78 is 31.1. The number of hydrogen-bond acceptors (Lipinski definition) is 2. The molecule has 3 nitrogen and oxygen atoms in total. The molecule has 6 heteroatoms. The Bertz CT molecular complexity index is 677. The number of benzene rings is 2. The molecule has 0 atom stereocenters. The predicted molar refractivity (Wildman–Crippen MR) is 76.7 cm³/mol. The van der Waals surface area contributed by atoms with E-state index in [2.05, 4.69) is 5.32 Å². The van der Waals surface area contributed by atoms with E-state index < -0.39 is 11.7 Å². The Labute approximate surface area is 125 Å². The second-order valence-corrected chi connectivity index (χ2v) is 4.78. The average Bonchev–Trinajstić information content (AvgIpc) is 2.43. The maximum Gasteiger partial charge on any atom is 0.262 e. The Morgan fingerprint density at radius 2 is 2.00 bits per heavy atom. The van der Waals surface area contributed by atoms with Crippen LogP contribution in [0.1, 0.15) is 5.56 Å². The molecule has 0 aliphatic carbocycles. The molecule has 0 saturated carbocycles. The van der Waals surface area contributed by atoms with Crippen molar-refractivity contribution in [2.24, 2.45) is 0 Å². The number of carbonyl (C=O) groups is 1. The van der Waals surface area contributed by atoms with E-state index in [0.717, 1.165) is 6.07 Å². The fourth-order valence-corrected chi connectivity index (χ4v) is 1.84. The molecule has 0 bridgehead atoms. The van der Waals surface area contributed by atoms with Gasteiger partial charge in [-0.05, 0) is 42.8 Å². The number of nitrogens with one attached hydrogen (secondary N) is 1. The first-order valence-electron chi connectivity index (χ1n) is 6.09. The molecule has 0 radical (unpaired) electrons. The Kier molecular flexibility index (Phi) is 4.75. The summed E-state index contributed by atoms with van der Waals surface area (Å²) in [5.41, 5.74) is 1.11. The summed E-state index contributed by atoms with van der Waals surface area (Å²) in [6.07, 6.45) is 0. The second kappa shape index (κ2) is 6.54.